The molecule has 0 aliphatic carbocycles. The molecule has 0 bridgehead atoms. The van der Waals surface area contributed by atoms with Gasteiger partial charge in [-0.25, -0.2) is 9.79 Å². The van der Waals surface area contributed by atoms with Gasteiger partial charge in [0.1, 0.15) is 12.4 Å². The number of hydrogen-bond acceptors (Lipinski definition) is 4. The Morgan fingerprint density at radius 2 is 1.50 bits per heavy atom. The molecule has 0 spiro atoms. The molecular weight excluding hydrogens is 422 g/mol. The fourth-order valence-electron chi connectivity index (χ4n) is 3.75. The molecule has 0 fully saturated rings. The number of esters is 1. The minimum absolute atomic E-state index is 0.262. The van der Waals surface area contributed by atoms with E-state index in [0.717, 1.165) is 33.6 Å². The second-order valence-corrected chi connectivity index (χ2v) is 8.07. The van der Waals surface area contributed by atoms with Gasteiger partial charge in [0.15, 0.2) is 5.70 Å². The molecule has 0 saturated heterocycles. The third kappa shape index (κ3) is 4.81. The van der Waals surface area contributed by atoms with Crippen molar-refractivity contribution in [3.63, 3.8) is 0 Å². The van der Waals surface area contributed by atoms with Gasteiger partial charge in [-0.1, -0.05) is 78.9 Å². The Balaban J connectivity index is 1.32. The fraction of sp³-hybridized carbons (Fsp3) is 0.0667. The number of hydrogen-bond donors (Lipinski definition) is 0. The summed E-state index contributed by atoms with van der Waals surface area (Å²) in [6.45, 7) is 2.55. The number of aliphatic imine (C=N–C) groups is 1. The summed E-state index contributed by atoms with van der Waals surface area (Å²) in [4.78, 5) is 16.9. The molecule has 5 rings (SSSR count). The number of rotatable bonds is 6. The third-order valence-corrected chi connectivity index (χ3v) is 5.68. The monoisotopic (exact) mass is 445 g/mol. The number of carbonyl (C=O) groups excluding carboxylic acids is 1. The molecule has 0 N–H and O–H groups in total. The van der Waals surface area contributed by atoms with Crippen molar-refractivity contribution in [2.45, 2.75) is 13.5 Å². The summed E-state index contributed by atoms with van der Waals surface area (Å²) in [5.74, 6) is 0.570. The van der Waals surface area contributed by atoms with Crippen LogP contribution in [0.25, 0.3) is 17.2 Å². The summed E-state index contributed by atoms with van der Waals surface area (Å²) in [6.07, 6.45) is 1.72. The van der Waals surface area contributed by atoms with Crippen LogP contribution >= 0.6 is 0 Å². The van der Waals surface area contributed by atoms with Crippen molar-refractivity contribution in [2.75, 3.05) is 0 Å². The molecule has 166 valence electrons. The molecule has 34 heavy (non-hydrogen) atoms. The Kier molecular flexibility index (Phi) is 6.04. The highest BCUT2D eigenvalue weighted by molar-refractivity contribution is 6.13. The Bertz CT molecular complexity index is 1390. The molecule has 0 aromatic heterocycles. The van der Waals surface area contributed by atoms with Gasteiger partial charge in [0, 0.05) is 5.56 Å². The van der Waals surface area contributed by atoms with E-state index in [1.165, 1.54) is 5.56 Å². The van der Waals surface area contributed by atoms with Crippen LogP contribution in [0, 0.1) is 6.92 Å². The van der Waals surface area contributed by atoms with Crippen LogP contribution in [0.2, 0.25) is 0 Å². The quantitative estimate of drug-likeness (QED) is 0.249. The smallest absolute Gasteiger partial charge is 0.363 e. The van der Waals surface area contributed by atoms with Crippen molar-refractivity contribution in [2.24, 2.45) is 4.99 Å². The standard InChI is InChI=1S/C30H23NO3/c1-21-8-5-6-12-26(21)20-33-27-13-7-9-22(18-27)19-28-30(32)34-29(31-28)25-16-14-24(15-17-25)23-10-3-2-4-11-23/h2-19H,20H2,1H3/b28-19-. The minimum atomic E-state index is -0.464. The molecule has 4 heteroatoms. The lowest BCUT2D eigenvalue weighted by molar-refractivity contribution is -0.129. The van der Waals surface area contributed by atoms with Crippen LogP contribution in [-0.2, 0) is 16.1 Å². The molecule has 0 atom stereocenters. The van der Waals surface area contributed by atoms with Crippen LogP contribution in [0.4, 0.5) is 0 Å². The van der Waals surface area contributed by atoms with Crippen LogP contribution in [0.1, 0.15) is 22.3 Å². The summed E-state index contributed by atoms with van der Waals surface area (Å²) >= 11 is 0. The molecule has 1 heterocycles. The number of benzene rings is 4. The van der Waals surface area contributed by atoms with Crippen molar-refractivity contribution >= 4 is 17.9 Å². The first-order chi connectivity index (χ1) is 16.7. The summed E-state index contributed by atoms with van der Waals surface area (Å²) < 4.78 is 11.4. The van der Waals surface area contributed by atoms with E-state index in [-0.39, 0.29) is 5.70 Å². The van der Waals surface area contributed by atoms with Crippen molar-refractivity contribution in [1.82, 2.24) is 0 Å². The van der Waals surface area contributed by atoms with E-state index in [1.807, 2.05) is 78.9 Å². The van der Waals surface area contributed by atoms with E-state index in [1.54, 1.807) is 6.08 Å². The van der Waals surface area contributed by atoms with Gasteiger partial charge in [-0.15, -0.1) is 0 Å². The zero-order valence-electron chi connectivity index (χ0n) is 18.8. The Labute approximate surface area is 198 Å². The molecule has 1 aliphatic rings. The zero-order valence-corrected chi connectivity index (χ0v) is 18.8. The van der Waals surface area contributed by atoms with Crippen molar-refractivity contribution < 1.29 is 14.3 Å². The van der Waals surface area contributed by atoms with Gasteiger partial charge in [0.05, 0.1) is 0 Å². The van der Waals surface area contributed by atoms with E-state index >= 15 is 0 Å². The maximum absolute atomic E-state index is 12.4. The minimum Gasteiger partial charge on any atom is -0.489 e. The predicted molar refractivity (Wildman–Crippen MR) is 134 cm³/mol. The van der Waals surface area contributed by atoms with E-state index in [2.05, 4.69) is 36.2 Å². The average Bonchev–Trinajstić information content (AvgIpc) is 3.24. The molecule has 0 unspecified atom stereocenters. The number of carbonyl (C=O) groups is 1. The third-order valence-electron chi connectivity index (χ3n) is 5.68. The molecule has 4 aromatic rings. The van der Waals surface area contributed by atoms with Gasteiger partial charge in [-0.3, -0.25) is 0 Å². The van der Waals surface area contributed by atoms with Crippen molar-refractivity contribution in [3.8, 4) is 16.9 Å². The Morgan fingerprint density at radius 1 is 0.794 bits per heavy atom. The van der Waals surface area contributed by atoms with Crippen LogP contribution in [0.5, 0.6) is 5.75 Å². The van der Waals surface area contributed by atoms with Gasteiger partial charge in [0.25, 0.3) is 0 Å². The molecular formula is C30H23NO3. The molecule has 0 radical (unpaired) electrons. The zero-order chi connectivity index (χ0) is 23.3. The Morgan fingerprint density at radius 3 is 2.29 bits per heavy atom. The first-order valence-corrected chi connectivity index (χ1v) is 11.1. The fourth-order valence-corrected chi connectivity index (χ4v) is 3.75. The predicted octanol–water partition coefficient (Wildman–Crippen LogP) is 6.59. The van der Waals surface area contributed by atoms with Crippen molar-refractivity contribution in [1.29, 1.82) is 0 Å². The molecule has 1 aliphatic heterocycles. The van der Waals surface area contributed by atoms with Gasteiger partial charge < -0.3 is 9.47 Å². The van der Waals surface area contributed by atoms with Gasteiger partial charge in [-0.2, -0.15) is 0 Å². The lowest BCUT2D eigenvalue weighted by Crippen LogP contribution is -2.05. The van der Waals surface area contributed by atoms with Gasteiger partial charge >= 0.3 is 5.97 Å². The summed E-state index contributed by atoms with van der Waals surface area (Å²) in [5.41, 5.74) is 6.38. The molecule has 0 amide bonds. The highest BCUT2D eigenvalue weighted by Gasteiger charge is 2.24. The second-order valence-electron chi connectivity index (χ2n) is 8.07. The van der Waals surface area contributed by atoms with E-state index in [0.29, 0.717) is 12.5 Å². The Hall–Kier alpha value is -4.44. The van der Waals surface area contributed by atoms with Crippen LogP contribution in [-0.4, -0.2) is 11.9 Å². The number of ether oxygens (including phenoxy) is 2. The van der Waals surface area contributed by atoms with Crippen LogP contribution in [0.3, 0.4) is 0 Å². The summed E-state index contributed by atoms with van der Waals surface area (Å²) in [5, 5.41) is 0. The summed E-state index contributed by atoms with van der Waals surface area (Å²) in [6, 6.07) is 33.7. The van der Waals surface area contributed by atoms with E-state index in [4.69, 9.17) is 9.47 Å². The van der Waals surface area contributed by atoms with Crippen molar-refractivity contribution in [3.05, 3.63) is 131 Å². The SMILES string of the molecule is Cc1ccccc1COc1cccc(/C=C2\N=C(c3ccc(-c4ccccc4)cc3)OC2=O)c1. The average molecular weight is 446 g/mol. The molecule has 4 aromatic carbocycles. The lowest BCUT2D eigenvalue weighted by Gasteiger charge is -2.09. The normalized spacial score (nSPS) is 14.1. The van der Waals surface area contributed by atoms with Crippen LogP contribution in [0.15, 0.2) is 114 Å². The first kappa shape index (κ1) is 21.4. The highest BCUT2D eigenvalue weighted by Crippen LogP contribution is 2.24. The summed E-state index contributed by atoms with van der Waals surface area (Å²) in [7, 11) is 0. The van der Waals surface area contributed by atoms with E-state index in [9.17, 15) is 4.79 Å². The largest absolute Gasteiger partial charge is 0.489 e. The van der Waals surface area contributed by atoms with E-state index < -0.39 is 5.97 Å². The maximum atomic E-state index is 12.4. The molecule has 0 saturated carbocycles. The van der Waals surface area contributed by atoms with Gasteiger partial charge in [0.2, 0.25) is 5.90 Å². The first-order valence-electron chi connectivity index (χ1n) is 11.1. The topological polar surface area (TPSA) is 47.9 Å². The highest BCUT2D eigenvalue weighted by atomic mass is 16.6. The number of cyclic esters (lactones) is 1. The number of aryl methyl sites for hydroxylation is 1. The lowest BCUT2D eigenvalue weighted by atomic mass is 10.0. The van der Waals surface area contributed by atoms with Gasteiger partial charge in [-0.05, 0) is 65.1 Å². The maximum Gasteiger partial charge on any atom is 0.363 e. The number of nitrogens with zero attached hydrogens (tertiary/aromatic N) is 1. The van der Waals surface area contributed by atoms with Crippen LogP contribution < -0.4 is 4.74 Å². The second kappa shape index (κ2) is 9.59. The molecule has 4 nitrogen and oxygen atoms in total.